The summed E-state index contributed by atoms with van der Waals surface area (Å²) >= 11 is 0. The maximum Gasteiger partial charge on any atom is 0.138 e. The summed E-state index contributed by atoms with van der Waals surface area (Å²) in [5, 5.41) is 9.36. The number of hydrogen-bond acceptors (Lipinski definition) is 3. The Bertz CT molecular complexity index is 361. The van der Waals surface area contributed by atoms with E-state index in [4.69, 9.17) is 5.73 Å². The Labute approximate surface area is 96.9 Å². The monoisotopic (exact) mass is 220 g/mol. The van der Waals surface area contributed by atoms with Gasteiger partial charge in [-0.3, -0.25) is 4.90 Å². The smallest absolute Gasteiger partial charge is 0.138 e. The molecule has 2 rings (SSSR count). The number of aromatic hydroxyl groups is 1. The van der Waals surface area contributed by atoms with Gasteiger partial charge in [-0.1, -0.05) is 13.0 Å². The van der Waals surface area contributed by atoms with Crippen molar-refractivity contribution < 1.29 is 5.11 Å². The van der Waals surface area contributed by atoms with E-state index in [9.17, 15) is 5.11 Å². The van der Waals surface area contributed by atoms with Crippen LogP contribution < -0.4 is 5.73 Å². The number of nitrogens with zero attached hydrogens (tertiary/aromatic N) is 1. The van der Waals surface area contributed by atoms with Crippen molar-refractivity contribution in [1.29, 1.82) is 0 Å². The van der Waals surface area contributed by atoms with Crippen LogP contribution in [0.3, 0.4) is 0 Å². The molecule has 16 heavy (non-hydrogen) atoms. The first kappa shape index (κ1) is 11.3. The van der Waals surface area contributed by atoms with E-state index in [0.717, 1.165) is 19.1 Å². The minimum atomic E-state index is 0.178. The lowest BCUT2D eigenvalue weighted by molar-refractivity contribution is 0.255. The Kier molecular flexibility index (Phi) is 3.34. The predicted octanol–water partition coefficient (Wildman–Crippen LogP) is 2.35. The number of phenols is 1. The van der Waals surface area contributed by atoms with Gasteiger partial charge < -0.3 is 10.8 Å². The Morgan fingerprint density at radius 2 is 2.19 bits per heavy atom. The molecule has 1 aromatic rings. The lowest BCUT2D eigenvalue weighted by Gasteiger charge is -2.21. The van der Waals surface area contributed by atoms with E-state index < -0.39 is 0 Å². The molecule has 0 aliphatic heterocycles. The lowest BCUT2D eigenvalue weighted by Crippen LogP contribution is -2.26. The molecule has 0 heterocycles. The van der Waals surface area contributed by atoms with E-state index in [1.54, 1.807) is 6.07 Å². The van der Waals surface area contributed by atoms with Gasteiger partial charge in [0.15, 0.2) is 0 Å². The van der Waals surface area contributed by atoms with Crippen LogP contribution in [-0.2, 0) is 6.54 Å². The SMILES string of the molecule is CCCN(Cc1ccc(O)c(N)c1)C1CC1. The Morgan fingerprint density at radius 1 is 1.44 bits per heavy atom. The zero-order valence-corrected chi connectivity index (χ0v) is 9.82. The van der Waals surface area contributed by atoms with Crippen molar-refractivity contribution in [2.24, 2.45) is 0 Å². The summed E-state index contributed by atoms with van der Waals surface area (Å²) in [6.07, 6.45) is 3.84. The highest BCUT2D eigenvalue weighted by atomic mass is 16.3. The molecule has 0 saturated heterocycles. The van der Waals surface area contributed by atoms with Gasteiger partial charge in [0.05, 0.1) is 5.69 Å². The molecule has 0 spiro atoms. The average Bonchev–Trinajstić information content (AvgIpc) is 3.06. The van der Waals surface area contributed by atoms with E-state index >= 15 is 0 Å². The van der Waals surface area contributed by atoms with Crippen LogP contribution >= 0.6 is 0 Å². The Balaban J connectivity index is 2.03. The van der Waals surface area contributed by atoms with E-state index in [0.29, 0.717) is 5.69 Å². The molecule has 0 unspecified atom stereocenters. The number of anilines is 1. The molecule has 1 aliphatic rings. The van der Waals surface area contributed by atoms with Crippen LogP contribution in [0.4, 0.5) is 5.69 Å². The zero-order chi connectivity index (χ0) is 11.5. The molecule has 3 N–H and O–H groups in total. The third-order valence-electron chi connectivity index (χ3n) is 3.05. The van der Waals surface area contributed by atoms with Gasteiger partial charge in [-0.2, -0.15) is 0 Å². The predicted molar refractivity (Wildman–Crippen MR) is 66.2 cm³/mol. The summed E-state index contributed by atoms with van der Waals surface area (Å²) in [7, 11) is 0. The van der Waals surface area contributed by atoms with Crippen LogP contribution in [0.25, 0.3) is 0 Å². The topological polar surface area (TPSA) is 49.5 Å². The Hall–Kier alpha value is -1.22. The summed E-state index contributed by atoms with van der Waals surface area (Å²) in [5.41, 5.74) is 7.36. The lowest BCUT2D eigenvalue weighted by atomic mass is 10.1. The van der Waals surface area contributed by atoms with Crippen molar-refractivity contribution in [2.75, 3.05) is 12.3 Å². The van der Waals surface area contributed by atoms with Crippen molar-refractivity contribution in [3.05, 3.63) is 23.8 Å². The molecule has 3 nitrogen and oxygen atoms in total. The number of phenolic OH excluding ortho intramolecular Hbond substituents is 1. The van der Waals surface area contributed by atoms with Crippen molar-refractivity contribution in [3.8, 4) is 5.75 Å². The molecule has 3 heteroatoms. The van der Waals surface area contributed by atoms with Gasteiger partial charge >= 0.3 is 0 Å². The summed E-state index contributed by atoms with van der Waals surface area (Å²) < 4.78 is 0. The standard InChI is InChI=1S/C13H20N2O/c1-2-7-15(11-4-5-11)9-10-3-6-13(16)12(14)8-10/h3,6,8,11,16H,2,4-5,7,9,14H2,1H3. The molecule has 88 valence electrons. The largest absolute Gasteiger partial charge is 0.506 e. The number of hydrogen-bond donors (Lipinski definition) is 2. The summed E-state index contributed by atoms with van der Waals surface area (Å²) in [6.45, 7) is 4.30. The average molecular weight is 220 g/mol. The van der Waals surface area contributed by atoms with Gasteiger partial charge in [0.1, 0.15) is 5.75 Å². The fourth-order valence-electron chi connectivity index (χ4n) is 2.05. The first-order chi connectivity index (χ1) is 7.70. The normalized spacial score (nSPS) is 15.6. The van der Waals surface area contributed by atoms with Crippen LogP contribution in [0.15, 0.2) is 18.2 Å². The molecule has 1 aliphatic carbocycles. The van der Waals surface area contributed by atoms with Crippen molar-refractivity contribution in [1.82, 2.24) is 4.90 Å². The quantitative estimate of drug-likeness (QED) is 0.591. The number of rotatable bonds is 5. The van der Waals surface area contributed by atoms with E-state index in [1.165, 1.54) is 24.8 Å². The second-order valence-electron chi connectivity index (χ2n) is 4.59. The van der Waals surface area contributed by atoms with Crippen molar-refractivity contribution in [2.45, 2.75) is 38.8 Å². The number of nitrogen functional groups attached to an aromatic ring is 1. The molecule has 0 bridgehead atoms. The van der Waals surface area contributed by atoms with Crippen LogP contribution in [0.2, 0.25) is 0 Å². The molecule has 0 amide bonds. The van der Waals surface area contributed by atoms with Gasteiger partial charge in [-0.15, -0.1) is 0 Å². The van der Waals surface area contributed by atoms with Crippen LogP contribution in [-0.4, -0.2) is 22.6 Å². The second kappa shape index (κ2) is 4.74. The molecule has 1 aromatic carbocycles. The van der Waals surface area contributed by atoms with Gasteiger partial charge in [0.2, 0.25) is 0 Å². The molecular formula is C13H20N2O. The maximum atomic E-state index is 9.36. The van der Waals surface area contributed by atoms with Crippen LogP contribution in [0, 0.1) is 0 Å². The molecule has 1 fully saturated rings. The maximum absolute atomic E-state index is 9.36. The van der Waals surface area contributed by atoms with Gasteiger partial charge in [0, 0.05) is 12.6 Å². The minimum absolute atomic E-state index is 0.178. The molecule has 1 saturated carbocycles. The van der Waals surface area contributed by atoms with Crippen LogP contribution in [0.5, 0.6) is 5.75 Å². The fraction of sp³-hybridized carbons (Fsp3) is 0.538. The Morgan fingerprint density at radius 3 is 2.75 bits per heavy atom. The van der Waals surface area contributed by atoms with Crippen molar-refractivity contribution in [3.63, 3.8) is 0 Å². The van der Waals surface area contributed by atoms with Gasteiger partial charge in [-0.05, 0) is 43.5 Å². The summed E-state index contributed by atoms with van der Waals surface area (Å²) in [6, 6.07) is 6.29. The summed E-state index contributed by atoms with van der Waals surface area (Å²) in [4.78, 5) is 2.51. The third-order valence-corrected chi connectivity index (χ3v) is 3.05. The highest BCUT2D eigenvalue weighted by Crippen LogP contribution is 2.29. The third kappa shape index (κ3) is 2.67. The van der Waals surface area contributed by atoms with E-state index in [1.807, 2.05) is 12.1 Å². The fourth-order valence-corrected chi connectivity index (χ4v) is 2.05. The summed E-state index contributed by atoms with van der Waals surface area (Å²) in [5.74, 6) is 0.178. The number of nitrogens with two attached hydrogens (primary N) is 1. The highest BCUT2D eigenvalue weighted by molar-refractivity contribution is 5.53. The van der Waals surface area contributed by atoms with Gasteiger partial charge in [0.25, 0.3) is 0 Å². The van der Waals surface area contributed by atoms with Gasteiger partial charge in [-0.25, -0.2) is 0 Å². The molecular weight excluding hydrogens is 200 g/mol. The van der Waals surface area contributed by atoms with E-state index in [2.05, 4.69) is 11.8 Å². The molecule has 0 atom stereocenters. The molecule has 0 radical (unpaired) electrons. The first-order valence-electron chi connectivity index (χ1n) is 6.02. The minimum Gasteiger partial charge on any atom is -0.506 e. The zero-order valence-electron chi connectivity index (χ0n) is 9.82. The highest BCUT2D eigenvalue weighted by Gasteiger charge is 2.28. The second-order valence-corrected chi connectivity index (χ2v) is 4.59. The number of benzene rings is 1. The van der Waals surface area contributed by atoms with E-state index in [-0.39, 0.29) is 5.75 Å². The van der Waals surface area contributed by atoms with Crippen LogP contribution in [0.1, 0.15) is 31.7 Å². The first-order valence-corrected chi connectivity index (χ1v) is 6.02. The molecule has 0 aromatic heterocycles. The van der Waals surface area contributed by atoms with Crippen molar-refractivity contribution >= 4 is 5.69 Å².